The standard InChI is InChI=1S/C21H20N4O/c1-15(25-14-23-19-9-3-4-11-20(19)25)21(26)24(2)13-16-7-5-10-18-17(16)8-6-12-22-18/h3-12,14-15H,13H2,1-2H3/t15-/m1/s1. The van der Waals surface area contributed by atoms with Crippen LogP contribution in [0.4, 0.5) is 0 Å². The second kappa shape index (κ2) is 6.59. The van der Waals surface area contributed by atoms with Crippen LogP contribution in [0.5, 0.6) is 0 Å². The number of fused-ring (bicyclic) bond motifs is 2. The van der Waals surface area contributed by atoms with Crippen LogP contribution in [0.3, 0.4) is 0 Å². The van der Waals surface area contributed by atoms with E-state index in [-0.39, 0.29) is 11.9 Å². The fourth-order valence-electron chi connectivity index (χ4n) is 3.36. The number of carbonyl (C=O) groups excluding carboxylic acids is 1. The summed E-state index contributed by atoms with van der Waals surface area (Å²) in [4.78, 5) is 23.5. The zero-order valence-electron chi connectivity index (χ0n) is 14.8. The Bertz CT molecular complexity index is 1080. The summed E-state index contributed by atoms with van der Waals surface area (Å²) in [5, 5.41) is 1.08. The van der Waals surface area contributed by atoms with Gasteiger partial charge in [-0.3, -0.25) is 9.78 Å². The van der Waals surface area contributed by atoms with E-state index in [1.54, 1.807) is 17.4 Å². The summed E-state index contributed by atoms with van der Waals surface area (Å²) < 4.78 is 1.93. The molecule has 2 heterocycles. The third kappa shape index (κ3) is 2.81. The molecule has 0 saturated carbocycles. The maximum atomic E-state index is 13.0. The number of hydrogen-bond donors (Lipinski definition) is 0. The zero-order chi connectivity index (χ0) is 18.1. The number of rotatable bonds is 4. The van der Waals surface area contributed by atoms with Gasteiger partial charge in [-0.15, -0.1) is 0 Å². The van der Waals surface area contributed by atoms with Crippen molar-refractivity contribution in [2.45, 2.75) is 19.5 Å². The average Bonchev–Trinajstić information content (AvgIpc) is 3.11. The quantitative estimate of drug-likeness (QED) is 0.566. The molecule has 0 aliphatic rings. The van der Waals surface area contributed by atoms with Crippen molar-refractivity contribution in [3.05, 3.63) is 72.7 Å². The Balaban J connectivity index is 1.59. The van der Waals surface area contributed by atoms with Crippen molar-refractivity contribution in [3.8, 4) is 0 Å². The Labute approximate surface area is 151 Å². The first kappa shape index (κ1) is 16.3. The average molecular weight is 344 g/mol. The molecule has 0 unspecified atom stereocenters. The van der Waals surface area contributed by atoms with E-state index in [1.165, 1.54) is 0 Å². The molecule has 2 aromatic carbocycles. The summed E-state index contributed by atoms with van der Waals surface area (Å²) in [6, 6.07) is 17.5. The molecule has 2 aromatic heterocycles. The molecule has 0 aliphatic carbocycles. The molecule has 5 nitrogen and oxygen atoms in total. The lowest BCUT2D eigenvalue weighted by Crippen LogP contribution is -2.32. The molecule has 0 aliphatic heterocycles. The van der Waals surface area contributed by atoms with E-state index in [4.69, 9.17) is 0 Å². The van der Waals surface area contributed by atoms with Crippen molar-refractivity contribution in [3.63, 3.8) is 0 Å². The van der Waals surface area contributed by atoms with Crippen molar-refractivity contribution in [1.82, 2.24) is 19.4 Å². The van der Waals surface area contributed by atoms with E-state index in [1.807, 2.05) is 73.1 Å². The fourth-order valence-corrected chi connectivity index (χ4v) is 3.36. The summed E-state index contributed by atoms with van der Waals surface area (Å²) in [7, 11) is 1.84. The summed E-state index contributed by atoms with van der Waals surface area (Å²) in [5.41, 5.74) is 3.90. The molecule has 0 radical (unpaired) electrons. The minimum Gasteiger partial charge on any atom is -0.340 e. The van der Waals surface area contributed by atoms with Crippen molar-refractivity contribution in [2.75, 3.05) is 7.05 Å². The minimum absolute atomic E-state index is 0.0500. The van der Waals surface area contributed by atoms with E-state index >= 15 is 0 Å². The normalized spacial score (nSPS) is 12.4. The van der Waals surface area contributed by atoms with Crippen molar-refractivity contribution < 1.29 is 4.79 Å². The molecule has 5 heteroatoms. The van der Waals surface area contributed by atoms with Gasteiger partial charge in [0.05, 0.1) is 22.9 Å². The van der Waals surface area contributed by atoms with Crippen LogP contribution in [0.25, 0.3) is 21.9 Å². The SMILES string of the molecule is C[C@H](C(=O)N(C)Cc1cccc2ncccc12)n1cnc2ccccc21. The number of nitrogens with zero attached hydrogens (tertiary/aromatic N) is 4. The number of likely N-dealkylation sites (N-methyl/N-ethyl adjacent to an activating group) is 1. The molecular formula is C21H20N4O. The number of imidazole rings is 1. The van der Waals surface area contributed by atoms with Crippen LogP contribution >= 0.6 is 0 Å². The van der Waals surface area contributed by atoms with Gasteiger partial charge < -0.3 is 9.47 Å². The lowest BCUT2D eigenvalue weighted by atomic mass is 10.1. The van der Waals surface area contributed by atoms with Gasteiger partial charge in [0, 0.05) is 25.2 Å². The molecule has 0 N–H and O–H groups in total. The lowest BCUT2D eigenvalue weighted by molar-refractivity contribution is -0.133. The van der Waals surface area contributed by atoms with E-state index in [2.05, 4.69) is 9.97 Å². The number of benzene rings is 2. The van der Waals surface area contributed by atoms with Gasteiger partial charge in [0.2, 0.25) is 5.91 Å². The van der Waals surface area contributed by atoms with Crippen LogP contribution in [0.15, 0.2) is 67.1 Å². The van der Waals surface area contributed by atoms with E-state index in [0.717, 1.165) is 27.5 Å². The van der Waals surface area contributed by atoms with Crippen LogP contribution < -0.4 is 0 Å². The minimum atomic E-state index is -0.319. The van der Waals surface area contributed by atoms with Crippen molar-refractivity contribution in [2.24, 2.45) is 0 Å². The van der Waals surface area contributed by atoms with Crippen LogP contribution in [-0.2, 0) is 11.3 Å². The highest BCUT2D eigenvalue weighted by Gasteiger charge is 2.21. The van der Waals surface area contributed by atoms with Crippen LogP contribution in [0.1, 0.15) is 18.5 Å². The smallest absolute Gasteiger partial charge is 0.245 e. The van der Waals surface area contributed by atoms with Crippen molar-refractivity contribution in [1.29, 1.82) is 0 Å². The third-order valence-corrected chi connectivity index (χ3v) is 4.78. The first-order valence-electron chi connectivity index (χ1n) is 8.64. The molecule has 0 spiro atoms. The molecule has 4 rings (SSSR count). The summed E-state index contributed by atoms with van der Waals surface area (Å²) in [6.45, 7) is 2.45. The van der Waals surface area contributed by atoms with Gasteiger partial charge in [0.1, 0.15) is 6.04 Å². The van der Waals surface area contributed by atoms with Gasteiger partial charge >= 0.3 is 0 Å². The molecule has 0 saturated heterocycles. The highest BCUT2D eigenvalue weighted by atomic mass is 16.2. The first-order chi connectivity index (χ1) is 12.6. The Morgan fingerprint density at radius 1 is 1.04 bits per heavy atom. The highest BCUT2D eigenvalue weighted by molar-refractivity contribution is 5.85. The second-order valence-electron chi connectivity index (χ2n) is 6.50. The Kier molecular flexibility index (Phi) is 4.13. The van der Waals surface area contributed by atoms with Gasteiger partial charge in [-0.1, -0.05) is 30.3 Å². The molecule has 0 bridgehead atoms. The highest BCUT2D eigenvalue weighted by Crippen LogP contribution is 2.21. The maximum absolute atomic E-state index is 13.0. The number of carbonyl (C=O) groups is 1. The number of hydrogen-bond acceptors (Lipinski definition) is 3. The number of aromatic nitrogens is 3. The van der Waals surface area contributed by atoms with Crippen molar-refractivity contribution >= 4 is 27.8 Å². The lowest BCUT2D eigenvalue weighted by Gasteiger charge is -2.23. The predicted octanol–water partition coefficient (Wildman–Crippen LogP) is 3.80. The van der Waals surface area contributed by atoms with Crippen LogP contribution in [0, 0.1) is 0 Å². The largest absolute Gasteiger partial charge is 0.340 e. The Morgan fingerprint density at radius 3 is 2.73 bits per heavy atom. The van der Waals surface area contributed by atoms with E-state index in [0.29, 0.717) is 6.54 Å². The molecule has 1 atom stereocenters. The fraction of sp³-hybridized carbons (Fsp3) is 0.190. The van der Waals surface area contributed by atoms with E-state index in [9.17, 15) is 4.79 Å². The molecule has 4 aromatic rings. The van der Waals surface area contributed by atoms with E-state index < -0.39 is 0 Å². The van der Waals surface area contributed by atoms with Gasteiger partial charge in [-0.2, -0.15) is 0 Å². The van der Waals surface area contributed by atoms with Gasteiger partial charge in [-0.05, 0) is 36.8 Å². The van der Waals surface area contributed by atoms with Crippen LogP contribution in [0.2, 0.25) is 0 Å². The molecule has 0 fully saturated rings. The molecule has 26 heavy (non-hydrogen) atoms. The monoisotopic (exact) mass is 344 g/mol. The topological polar surface area (TPSA) is 51.0 Å². The molecular weight excluding hydrogens is 324 g/mol. The van der Waals surface area contributed by atoms with Crippen LogP contribution in [-0.4, -0.2) is 32.4 Å². The number of pyridine rings is 1. The summed E-state index contributed by atoms with van der Waals surface area (Å²) >= 11 is 0. The first-order valence-corrected chi connectivity index (χ1v) is 8.64. The Hall–Kier alpha value is -3.21. The molecule has 130 valence electrons. The van der Waals surface area contributed by atoms with Gasteiger partial charge in [0.25, 0.3) is 0 Å². The number of amides is 1. The molecule has 1 amide bonds. The maximum Gasteiger partial charge on any atom is 0.245 e. The Morgan fingerprint density at radius 2 is 1.85 bits per heavy atom. The third-order valence-electron chi connectivity index (χ3n) is 4.78. The zero-order valence-corrected chi connectivity index (χ0v) is 14.8. The summed E-state index contributed by atoms with van der Waals surface area (Å²) in [6.07, 6.45) is 3.52. The second-order valence-corrected chi connectivity index (χ2v) is 6.50. The number of para-hydroxylation sites is 2. The van der Waals surface area contributed by atoms with Gasteiger partial charge in [0.15, 0.2) is 0 Å². The predicted molar refractivity (Wildman–Crippen MR) is 103 cm³/mol. The van der Waals surface area contributed by atoms with Gasteiger partial charge in [-0.25, -0.2) is 4.98 Å². The summed E-state index contributed by atoms with van der Waals surface area (Å²) in [5.74, 6) is 0.0500.